The number of nitrogens with one attached hydrogen (secondary N) is 1. The van der Waals surface area contributed by atoms with Crippen LogP contribution in [0.1, 0.15) is 0 Å². The van der Waals surface area contributed by atoms with Crippen LogP contribution in [0.2, 0.25) is 0 Å². The van der Waals surface area contributed by atoms with E-state index in [4.69, 9.17) is 0 Å². The highest BCUT2D eigenvalue weighted by Gasteiger charge is 2.13. The molecule has 0 radical (unpaired) electrons. The summed E-state index contributed by atoms with van der Waals surface area (Å²) in [5, 5.41) is 2.86. The SMILES string of the molecule is CN(CC(F)F)C(=O)CNc1ccccc1.Cl. The number of alkyl halides is 2. The van der Waals surface area contributed by atoms with Crippen molar-refractivity contribution in [3.05, 3.63) is 30.3 Å². The number of hydrogen-bond acceptors (Lipinski definition) is 2. The lowest BCUT2D eigenvalue weighted by Gasteiger charge is -2.17. The van der Waals surface area contributed by atoms with Crippen LogP contribution >= 0.6 is 12.4 Å². The molecule has 0 unspecified atom stereocenters. The van der Waals surface area contributed by atoms with Crippen molar-refractivity contribution in [1.29, 1.82) is 0 Å². The Balaban J connectivity index is 0.00000256. The zero-order chi connectivity index (χ0) is 12.0. The summed E-state index contributed by atoms with van der Waals surface area (Å²) in [5.74, 6) is -0.357. The molecular formula is C11H15ClF2N2O. The van der Waals surface area contributed by atoms with Gasteiger partial charge in [-0.05, 0) is 12.1 Å². The van der Waals surface area contributed by atoms with Crippen LogP contribution < -0.4 is 5.32 Å². The van der Waals surface area contributed by atoms with Crippen LogP contribution in [0.5, 0.6) is 0 Å². The second-order valence-corrected chi connectivity index (χ2v) is 3.38. The zero-order valence-electron chi connectivity index (χ0n) is 9.40. The monoisotopic (exact) mass is 264 g/mol. The number of carbonyl (C=O) groups is 1. The van der Waals surface area contributed by atoms with E-state index in [0.717, 1.165) is 10.6 Å². The minimum atomic E-state index is -2.49. The van der Waals surface area contributed by atoms with Gasteiger partial charge < -0.3 is 10.2 Å². The van der Waals surface area contributed by atoms with E-state index in [1.54, 1.807) is 12.1 Å². The number of carbonyl (C=O) groups excluding carboxylic acids is 1. The van der Waals surface area contributed by atoms with Crippen molar-refractivity contribution in [2.75, 3.05) is 25.5 Å². The molecule has 1 amide bonds. The molecule has 3 nitrogen and oxygen atoms in total. The summed E-state index contributed by atoms with van der Waals surface area (Å²) >= 11 is 0. The Kier molecular flexibility index (Phi) is 7.21. The molecule has 1 N–H and O–H groups in total. The van der Waals surface area contributed by atoms with E-state index in [1.165, 1.54) is 7.05 Å². The van der Waals surface area contributed by atoms with Gasteiger partial charge in [-0.2, -0.15) is 0 Å². The number of hydrogen-bond donors (Lipinski definition) is 1. The molecule has 1 aromatic rings. The average Bonchev–Trinajstić information content (AvgIpc) is 2.26. The molecule has 17 heavy (non-hydrogen) atoms. The van der Waals surface area contributed by atoms with Crippen molar-refractivity contribution >= 4 is 24.0 Å². The average molecular weight is 265 g/mol. The smallest absolute Gasteiger partial charge is 0.255 e. The van der Waals surface area contributed by atoms with E-state index >= 15 is 0 Å². The van der Waals surface area contributed by atoms with Gasteiger partial charge in [0.25, 0.3) is 6.43 Å². The normalized spacial score (nSPS) is 9.65. The fourth-order valence-electron chi connectivity index (χ4n) is 1.18. The van der Waals surface area contributed by atoms with E-state index in [9.17, 15) is 13.6 Å². The van der Waals surface area contributed by atoms with Crippen molar-refractivity contribution in [3.8, 4) is 0 Å². The van der Waals surface area contributed by atoms with Gasteiger partial charge in [0.15, 0.2) is 0 Å². The second-order valence-electron chi connectivity index (χ2n) is 3.38. The molecule has 0 aliphatic rings. The first kappa shape index (κ1) is 15.6. The molecule has 6 heteroatoms. The van der Waals surface area contributed by atoms with Gasteiger partial charge in [-0.1, -0.05) is 18.2 Å². The molecule has 0 aliphatic heterocycles. The lowest BCUT2D eigenvalue weighted by Crippen LogP contribution is -2.35. The molecular weight excluding hydrogens is 250 g/mol. The summed E-state index contributed by atoms with van der Waals surface area (Å²) in [5.41, 5.74) is 0.793. The van der Waals surface area contributed by atoms with Crippen molar-refractivity contribution < 1.29 is 13.6 Å². The number of benzene rings is 1. The lowest BCUT2D eigenvalue weighted by molar-refractivity contribution is -0.129. The van der Waals surface area contributed by atoms with E-state index in [0.29, 0.717) is 0 Å². The van der Waals surface area contributed by atoms with Gasteiger partial charge in [-0.25, -0.2) is 8.78 Å². The van der Waals surface area contributed by atoms with Crippen LogP contribution in [-0.2, 0) is 4.79 Å². The van der Waals surface area contributed by atoms with Crippen LogP contribution in [0, 0.1) is 0 Å². The summed E-state index contributed by atoms with van der Waals surface area (Å²) in [6.07, 6.45) is -2.49. The van der Waals surface area contributed by atoms with Crippen LogP contribution in [0.3, 0.4) is 0 Å². The number of nitrogens with zero attached hydrogens (tertiary/aromatic N) is 1. The van der Waals surface area contributed by atoms with Gasteiger partial charge in [0.2, 0.25) is 5.91 Å². The summed E-state index contributed by atoms with van der Waals surface area (Å²) in [6.45, 7) is -0.511. The topological polar surface area (TPSA) is 32.3 Å². The third-order valence-corrected chi connectivity index (χ3v) is 2.06. The largest absolute Gasteiger partial charge is 0.376 e. The number of halogens is 3. The Morgan fingerprint density at radius 1 is 1.35 bits per heavy atom. The Hall–Kier alpha value is -1.36. The second kappa shape index (κ2) is 7.84. The zero-order valence-corrected chi connectivity index (χ0v) is 10.2. The highest BCUT2D eigenvalue weighted by Crippen LogP contribution is 2.04. The number of anilines is 1. The standard InChI is InChI=1S/C11H14F2N2O.ClH/c1-15(8-10(12)13)11(16)7-14-9-5-3-2-4-6-9;/h2-6,10,14H,7-8H2,1H3;1H. The molecule has 0 spiro atoms. The number of likely N-dealkylation sites (N-methyl/N-ethyl adjacent to an activating group) is 1. The van der Waals surface area contributed by atoms with E-state index in [2.05, 4.69) is 5.32 Å². The molecule has 0 saturated heterocycles. The third-order valence-electron chi connectivity index (χ3n) is 2.06. The Bertz CT molecular complexity index is 336. The minimum Gasteiger partial charge on any atom is -0.376 e. The fraction of sp³-hybridized carbons (Fsp3) is 0.364. The molecule has 0 aliphatic carbocycles. The fourth-order valence-corrected chi connectivity index (χ4v) is 1.18. The molecule has 1 rings (SSSR count). The summed E-state index contributed by atoms with van der Waals surface area (Å²) in [7, 11) is 1.36. The predicted molar refractivity (Wildman–Crippen MR) is 65.8 cm³/mol. The molecule has 0 saturated carbocycles. The first-order valence-electron chi connectivity index (χ1n) is 4.90. The Morgan fingerprint density at radius 2 is 1.94 bits per heavy atom. The minimum absolute atomic E-state index is 0. The first-order valence-corrected chi connectivity index (χ1v) is 4.90. The van der Waals surface area contributed by atoms with Crippen LogP contribution in [0.15, 0.2) is 30.3 Å². The summed E-state index contributed by atoms with van der Waals surface area (Å²) in [4.78, 5) is 12.4. The highest BCUT2D eigenvalue weighted by atomic mass is 35.5. The molecule has 96 valence electrons. The maximum Gasteiger partial charge on any atom is 0.255 e. The predicted octanol–water partition coefficient (Wildman–Crippen LogP) is 2.24. The van der Waals surface area contributed by atoms with Crippen molar-refractivity contribution in [3.63, 3.8) is 0 Å². The van der Waals surface area contributed by atoms with Crippen molar-refractivity contribution in [1.82, 2.24) is 4.90 Å². The van der Waals surface area contributed by atoms with Crippen LogP contribution in [0.4, 0.5) is 14.5 Å². The number of para-hydroxylation sites is 1. The van der Waals surface area contributed by atoms with Gasteiger partial charge in [-0.3, -0.25) is 4.79 Å². The third kappa shape index (κ3) is 6.06. The summed E-state index contributed by atoms with van der Waals surface area (Å²) in [6, 6.07) is 9.13. The Morgan fingerprint density at radius 3 is 2.47 bits per heavy atom. The molecule has 0 aromatic heterocycles. The number of amides is 1. The maximum atomic E-state index is 12.0. The van der Waals surface area contributed by atoms with Crippen molar-refractivity contribution in [2.45, 2.75) is 6.43 Å². The number of rotatable bonds is 5. The highest BCUT2D eigenvalue weighted by molar-refractivity contribution is 5.85. The quantitative estimate of drug-likeness (QED) is 0.885. The van der Waals surface area contributed by atoms with E-state index in [1.807, 2.05) is 18.2 Å². The van der Waals surface area contributed by atoms with Gasteiger partial charge >= 0.3 is 0 Å². The molecule has 0 heterocycles. The Labute approximate surface area is 105 Å². The summed E-state index contributed by atoms with van der Waals surface area (Å²) < 4.78 is 24.0. The van der Waals surface area contributed by atoms with Crippen molar-refractivity contribution in [2.24, 2.45) is 0 Å². The first-order chi connectivity index (χ1) is 7.59. The molecule has 0 bridgehead atoms. The van der Waals surface area contributed by atoms with Gasteiger partial charge in [-0.15, -0.1) is 12.4 Å². The van der Waals surface area contributed by atoms with Gasteiger partial charge in [0.05, 0.1) is 13.1 Å². The molecule has 0 fully saturated rings. The van der Waals surface area contributed by atoms with Crippen LogP contribution in [0.25, 0.3) is 0 Å². The van der Waals surface area contributed by atoms with Gasteiger partial charge in [0, 0.05) is 12.7 Å². The van der Waals surface area contributed by atoms with E-state index < -0.39 is 13.0 Å². The molecule has 1 aromatic carbocycles. The molecule has 0 atom stereocenters. The van der Waals surface area contributed by atoms with Crippen LogP contribution in [-0.4, -0.2) is 37.4 Å². The maximum absolute atomic E-state index is 12.0. The van der Waals surface area contributed by atoms with Gasteiger partial charge in [0.1, 0.15) is 0 Å². The van der Waals surface area contributed by atoms with E-state index in [-0.39, 0.29) is 24.9 Å². The lowest BCUT2D eigenvalue weighted by atomic mass is 10.3.